The van der Waals surface area contributed by atoms with E-state index in [-0.39, 0.29) is 11.9 Å². The van der Waals surface area contributed by atoms with E-state index in [1.54, 1.807) is 11.3 Å². The Morgan fingerprint density at radius 1 is 1.37 bits per heavy atom. The predicted octanol–water partition coefficient (Wildman–Crippen LogP) is 1.99. The molecule has 1 aromatic heterocycles. The molecule has 1 atom stereocenters. The number of carbonyl (C=O) groups excluding carboxylic acids is 1. The van der Waals surface area contributed by atoms with Crippen molar-refractivity contribution >= 4 is 22.9 Å². The zero-order valence-electron chi connectivity index (χ0n) is 10.7. The van der Waals surface area contributed by atoms with Crippen molar-refractivity contribution in [3.05, 3.63) is 46.4 Å². The van der Waals surface area contributed by atoms with Crippen molar-refractivity contribution < 1.29 is 4.79 Å². The van der Waals surface area contributed by atoms with Crippen LogP contribution < -0.4 is 10.2 Å². The van der Waals surface area contributed by atoms with E-state index in [0.717, 1.165) is 22.7 Å². The standard InChI is InChI=1S/C14H15N3OS/c1-15-12-13-11(16-9-19-13)7-8-17(14(12)18)10-5-3-2-4-6-10/h2-6,9,12,15H,7-8H2,1H3. The molecule has 0 radical (unpaired) electrons. The number of likely N-dealkylation sites (N-methyl/N-ethyl adjacent to an activating group) is 1. The van der Waals surface area contributed by atoms with Crippen molar-refractivity contribution in [2.24, 2.45) is 0 Å². The fraction of sp³-hybridized carbons (Fsp3) is 0.286. The van der Waals surface area contributed by atoms with Gasteiger partial charge < -0.3 is 10.2 Å². The van der Waals surface area contributed by atoms with Crippen LogP contribution in [0.15, 0.2) is 35.8 Å². The van der Waals surface area contributed by atoms with Crippen LogP contribution in [-0.4, -0.2) is 24.5 Å². The van der Waals surface area contributed by atoms with E-state index in [1.807, 2.05) is 47.8 Å². The van der Waals surface area contributed by atoms with Crippen LogP contribution in [0.4, 0.5) is 5.69 Å². The second-order valence-electron chi connectivity index (χ2n) is 4.46. The maximum atomic E-state index is 12.7. The van der Waals surface area contributed by atoms with Crippen molar-refractivity contribution in [3.63, 3.8) is 0 Å². The van der Waals surface area contributed by atoms with E-state index in [4.69, 9.17) is 0 Å². The summed E-state index contributed by atoms with van der Waals surface area (Å²) in [5.74, 6) is 0.0942. The Bertz CT molecular complexity index is 581. The molecule has 0 spiro atoms. The van der Waals surface area contributed by atoms with Crippen molar-refractivity contribution in [1.82, 2.24) is 10.3 Å². The first-order valence-electron chi connectivity index (χ1n) is 6.27. The average molecular weight is 273 g/mol. The molecule has 1 aromatic carbocycles. The number of hydrogen-bond acceptors (Lipinski definition) is 4. The summed E-state index contributed by atoms with van der Waals surface area (Å²) >= 11 is 1.55. The molecular formula is C14H15N3OS. The Balaban J connectivity index is 1.99. The zero-order chi connectivity index (χ0) is 13.2. The van der Waals surface area contributed by atoms with Crippen LogP contribution in [0.1, 0.15) is 16.6 Å². The highest BCUT2D eigenvalue weighted by Gasteiger charge is 2.32. The predicted molar refractivity (Wildman–Crippen MR) is 76.4 cm³/mol. The Morgan fingerprint density at radius 2 is 2.16 bits per heavy atom. The van der Waals surface area contributed by atoms with E-state index >= 15 is 0 Å². The van der Waals surface area contributed by atoms with Crippen LogP contribution in [0, 0.1) is 0 Å². The molecule has 98 valence electrons. The molecule has 3 rings (SSSR count). The van der Waals surface area contributed by atoms with Gasteiger partial charge in [-0.15, -0.1) is 11.3 Å². The van der Waals surface area contributed by atoms with Crippen molar-refractivity contribution in [2.75, 3.05) is 18.5 Å². The SMILES string of the molecule is CNC1C(=O)N(c2ccccc2)CCc2ncsc21. The number of thiazole rings is 1. The highest BCUT2D eigenvalue weighted by Crippen LogP contribution is 2.29. The second kappa shape index (κ2) is 5.11. The monoisotopic (exact) mass is 273 g/mol. The lowest BCUT2D eigenvalue weighted by molar-refractivity contribution is -0.120. The van der Waals surface area contributed by atoms with Gasteiger partial charge >= 0.3 is 0 Å². The fourth-order valence-corrected chi connectivity index (χ4v) is 3.35. The number of para-hydroxylation sites is 1. The summed E-state index contributed by atoms with van der Waals surface area (Å²) in [6.07, 6.45) is 0.803. The van der Waals surface area contributed by atoms with Gasteiger partial charge in [-0.2, -0.15) is 0 Å². The molecule has 5 heteroatoms. The first-order valence-corrected chi connectivity index (χ1v) is 7.15. The van der Waals surface area contributed by atoms with Gasteiger partial charge in [0.05, 0.1) is 16.1 Å². The van der Waals surface area contributed by atoms with Gasteiger partial charge in [-0.05, 0) is 19.2 Å². The summed E-state index contributed by atoms with van der Waals surface area (Å²) in [4.78, 5) is 19.9. The number of nitrogens with zero attached hydrogens (tertiary/aromatic N) is 2. The molecule has 1 unspecified atom stereocenters. The quantitative estimate of drug-likeness (QED) is 0.910. The van der Waals surface area contributed by atoms with E-state index in [2.05, 4.69) is 10.3 Å². The molecule has 4 nitrogen and oxygen atoms in total. The molecule has 2 heterocycles. The summed E-state index contributed by atoms with van der Waals surface area (Å²) in [5, 5.41) is 3.11. The molecule has 19 heavy (non-hydrogen) atoms. The smallest absolute Gasteiger partial charge is 0.249 e. The number of fused-ring (bicyclic) bond motifs is 1. The highest BCUT2D eigenvalue weighted by atomic mass is 32.1. The molecule has 0 saturated carbocycles. The number of aromatic nitrogens is 1. The Kier molecular flexibility index (Phi) is 3.31. The maximum absolute atomic E-state index is 12.7. The summed E-state index contributed by atoms with van der Waals surface area (Å²) in [6, 6.07) is 9.52. The van der Waals surface area contributed by atoms with Gasteiger partial charge in [-0.1, -0.05) is 18.2 Å². The largest absolute Gasteiger partial charge is 0.310 e. The molecule has 0 saturated heterocycles. The lowest BCUT2D eigenvalue weighted by Gasteiger charge is -2.24. The van der Waals surface area contributed by atoms with Crippen molar-refractivity contribution in [1.29, 1.82) is 0 Å². The summed E-state index contributed by atoms with van der Waals surface area (Å²) in [6.45, 7) is 0.678. The highest BCUT2D eigenvalue weighted by molar-refractivity contribution is 7.10. The molecule has 1 aliphatic heterocycles. The number of rotatable bonds is 2. The fourth-order valence-electron chi connectivity index (χ4n) is 2.42. The molecule has 1 N–H and O–H groups in total. The number of amides is 1. The lowest BCUT2D eigenvalue weighted by Crippen LogP contribution is -2.38. The third kappa shape index (κ3) is 2.15. The number of anilines is 1. The first-order chi connectivity index (χ1) is 9.31. The Labute approximate surface area is 116 Å². The van der Waals surface area contributed by atoms with Crippen LogP contribution >= 0.6 is 11.3 Å². The van der Waals surface area contributed by atoms with Crippen LogP contribution in [0.25, 0.3) is 0 Å². The molecule has 0 aliphatic carbocycles. The number of carbonyl (C=O) groups is 1. The Hall–Kier alpha value is -1.72. The van der Waals surface area contributed by atoms with Gasteiger partial charge in [0.25, 0.3) is 0 Å². The van der Waals surface area contributed by atoms with Crippen LogP contribution in [0.3, 0.4) is 0 Å². The number of hydrogen-bond donors (Lipinski definition) is 1. The molecule has 0 fully saturated rings. The van der Waals surface area contributed by atoms with E-state index in [1.165, 1.54) is 0 Å². The van der Waals surface area contributed by atoms with Crippen LogP contribution in [-0.2, 0) is 11.2 Å². The third-order valence-electron chi connectivity index (χ3n) is 3.38. The average Bonchev–Trinajstić information content (AvgIpc) is 2.85. The summed E-state index contributed by atoms with van der Waals surface area (Å²) < 4.78 is 0. The minimum atomic E-state index is -0.287. The summed E-state index contributed by atoms with van der Waals surface area (Å²) in [5.41, 5.74) is 3.81. The van der Waals surface area contributed by atoms with Crippen molar-refractivity contribution in [3.8, 4) is 0 Å². The van der Waals surface area contributed by atoms with Gasteiger partial charge in [0.1, 0.15) is 6.04 Å². The Morgan fingerprint density at radius 3 is 2.89 bits per heavy atom. The molecule has 1 aliphatic rings. The number of nitrogens with one attached hydrogen (secondary N) is 1. The van der Waals surface area contributed by atoms with Gasteiger partial charge in [-0.25, -0.2) is 4.98 Å². The molecule has 0 bridgehead atoms. The maximum Gasteiger partial charge on any atom is 0.249 e. The molecule has 2 aromatic rings. The van der Waals surface area contributed by atoms with E-state index in [0.29, 0.717) is 6.54 Å². The molecular weight excluding hydrogens is 258 g/mol. The normalized spacial score (nSPS) is 19.1. The molecule has 1 amide bonds. The minimum Gasteiger partial charge on any atom is -0.310 e. The second-order valence-corrected chi connectivity index (χ2v) is 5.35. The first kappa shape index (κ1) is 12.3. The van der Waals surface area contributed by atoms with Gasteiger partial charge in [0.2, 0.25) is 5.91 Å². The third-order valence-corrected chi connectivity index (χ3v) is 4.31. The minimum absolute atomic E-state index is 0.0942. The number of benzene rings is 1. The van der Waals surface area contributed by atoms with Gasteiger partial charge in [0.15, 0.2) is 0 Å². The van der Waals surface area contributed by atoms with Crippen LogP contribution in [0.5, 0.6) is 0 Å². The van der Waals surface area contributed by atoms with Gasteiger partial charge in [-0.3, -0.25) is 4.79 Å². The van der Waals surface area contributed by atoms with E-state index in [9.17, 15) is 4.79 Å². The van der Waals surface area contributed by atoms with E-state index < -0.39 is 0 Å². The van der Waals surface area contributed by atoms with Gasteiger partial charge in [0, 0.05) is 18.7 Å². The van der Waals surface area contributed by atoms with Crippen LogP contribution in [0.2, 0.25) is 0 Å². The van der Waals surface area contributed by atoms with Crippen molar-refractivity contribution in [2.45, 2.75) is 12.5 Å². The summed E-state index contributed by atoms with van der Waals surface area (Å²) in [7, 11) is 1.82. The lowest BCUT2D eigenvalue weighted by atomic mass is 10.2. The topological polar surface area (TPSA) is 45.2 Å². The zero-order valence-corrected chi connectivity index (χ0v) is 11.5.